The number of nitrogens with zero attached hydrogens (tertiary/aromatic N) is 2. The number of rotatable bonds is 4. The first-order valence-corrected chi connectivity index (χ1v) is 8.90. The van der Waals surface area contributed by atoms with Gasteiger partial charge in [0.25, 0.3) is 5.91 Å². The summed E-state index contributed by atoms with van der Waals surface area (Å²) in [5, 5.41) is 4.05. The van der Waals surface area contributed by atoms with Crippen molar-refractivity contribution in [1.29, 1.82) is 0 Å². The zero-order chi connectivity index (χ0) is 19.8. The van der Waals surface area contributed by atoms with Gasteiger partial charge in [-0.3, -0.25) is 4.79 Å². The summed E-state index contributed by atoms with van der Waals surface area (Å²) in [5.74, 6) is 6.02. The fraction of sp³-hybridized carbons (Fsp3) is 0.0833. The van der Waals surface area contributed by atoms with Crippen LogP contribution in [-0.2, 0) is 0 Å². The quantitative estimate of drug-likeness (QED) is 0.432. The van der Waals surface area contributed by atoms with Crippen LogP contribution in [0.15, 0.2) is 84.0 Å². The van der Waals surface area contributed by atoms with E-state index in [0.717, 1.165) is 22.4 Å². The van der Waals surface area contributed by atoms with Crippen LogP contribution >= 0.6 is 0 Å². The molecule has 0 unspecified atom stereocenters. The first-order chi connectivity index (χ1) is 13.6. The highest BCUT2D eigenvalue weighted by Gasteiger charge is 2.04. The minimum absolute atomic E-state index is 0.249. The van der Waals surface area contributed by atoms with E-state index in [9.17, 15) is 4.79 Å². The largest absolute Gasteiger partial charge is 0.378 e. The standard InChI is InChI=1S/C24H21N3O/c1-27(2)23-15-13-22(14-16-23)24(28)26-25-18-21-10-6-9-20(17-21)12-11-19-7-4-3-5-8-19/h3-10,13-18H,1-2H3,(H,26,28)/b25-18+. The molecule has 28 heavy (non-hydrogen) atoms. The van der Waals surface area contributed by atoms with Crippen molar-refractivity contribution in [1.82, 2.24) is 5.43 Å². The first-order valence-electron chi connectivity index (χ1n) is 8.90. The molecule has 0 aliphatic heterocycles. The van der Waals surface area contributed by atoms with Gasteiger partial charge >= 0.3 is 0 Å². The van der Waals surface area contributed by atoms with Crippen molar-refractivity contribution in [2.75, 3.05) is 19.0 Å². The van der Waals surface area contributed by atoms with Gasteiger partial charge in [-0.2, -0.15) is 5.10 Å². The molecule has 1 N–H and O–H groups in total. The van der Waals surface area contributed by atoms with Crippen LogP contribution in [0.3, 0.4) is 0 Å². The van der Waals surface area contributed by atoms with Crippen molar-refractivity contribution < 1.29 is 4.79 Å². The van der Waals surface area contributed by atoms with Gasteiger partial charge in [0, 0.05) is 36.5 Å². The van der Waals surface area contributed by atoms with E-state index in [1.807, 2.05) is 85.7 Å². The Morgan fingerprint density at radius 3 is 2.29 bits per heavy atom. The molecular weight excluding hydrogens is 346 g/mol. The highest BCUT2D eigenvalue weighted by molar-refractivity contribution is 5.95. The van der Waals surface area contributed by atoms with Crippen molar-refractivity contribution in [2.24, 2.45) is 5.10 Å². The summed E-state index contributed by atoms with van der Waals surface area (Å²) in [6.07, 6.45) is 1.61. The zero-order valence-electron chi connectivity index (χ0n) is 15.9. The normalized spacial score (nSPS) is 10.2. The number of carbonyl (C=O) groups excluding carboxylic acids is 1. The molecule has 4 nitrogen and oxygen atoms in total. The van der Waals surface area contributed by atoms with Crippen LogP contribution in [0.1, 0.15) is 27.0 Å². The molecule has 4 heteroatoms. The van der Waals surface area contributed by atoms with E-state index in [1.165, 1.54) is 0 Å². The minimum atomic E-state index is -0.249. The molecule has 0 spiro atoms. The van der Waals surface area contributed by atoms with Gasteiger partial charge in [0.15, 0.2) is 0 Å². The van der Waals surface area contributed by atoms with Crippen LogP contribution < -0.4 is 10.3 Å². The van der Waals surface area contributed by atoms with Gasteiger partial charge < -0.3 is 4.90 Å². The summed E-state index contributed by atoms with van der Waals surface area (Å²) in [4.78, 5) is 14.2. The molecule has 3 aromatic rings. The van der Waals surface area contributed by atoms with Crippen molar-refractivity contribution in [2.45, 2.75) is 0 Å². The third kappa shape index (κ3) is 5.33. The van der Waals surface area contributed by atoms with Crippen molar-refractivity contribution in [3.05, 3.63) is 101 Å². The molecule has 0 saturated carbocycles. The topological polar surface area (TPSA) is 44.7 Å². The second-order valence-corrected chi connectivity index (χ2v) is 6.38. The Labute approximate surface area is 165 Å². The van der Waals surface area contributed by atoms with E-state index in [-0.39, 0.29) is 5.91 Å². The SMILES string of the molecule is CN(C)c1ccc(C(=O)N/N=C/c2cccc(C#Cc3ccccc3)c2)cc1. The van der Waals surface area contributed by atoms with Gasteiger partial charge in [-0.25, -0.2) is 5.43 Å². The number of hydrazone groups is 1. The molecule has 3 aromatic carbocycles. The molecule has 0 aromatic heterocycles. The molecule has 1 amide bonds. The molecule has 0 aliphatic rings. The molecule has 0 atom stereocenters. The predicted molar refractivity (Wildman–Crippen MR) is 115 cm³/mol. The zero-order valence-corrected chi connectivity index (χ0v) is 15.9. The van der Waals surface area contributed by atoms with Crippen LogP contribution in [0.4, 0.5) is 5.69 Å². The second kappa shape index (κ2) is 9.20. The number of nitrogens with one attached hydrogen (secondary N) is 1. The summed E-state index contributed by atoms with van der Waals surface area (Å²) < 4.78 is 0. The van der Waals surface area contributed by atoms with Crippen LogP contribution in [0.5, 0.6) is 0 Å². The molecule has 0 aliphatic carbocycles. The lowest BCUT2D eigenvalue weighted by molar-refractivity contribution is 0.0955. The number of benzene rings is 3. The van der Waals surface area contributed by atoms with Gasteiger partial charge in [0.2, 0.25) is 0 Å². The maximum atomic E-state index is 12.2. The first kappa shape index (κ1) is 18.9. The monoisotopic (exact) mass is 367 g/mol. The molecule has 0 saturated heterocycles. The van der Waals surface area contributed by atoms with Crippen LogP contribution in [0.25, 0.3) is 0 Å². The number of hydrogen-bond donors (Lipinski definition) is 1. The van der Waals surface area contributed by atoms with Crippen molar-refractivity contribution in [3.8, 4) is 11.8 Å². The molecule has 138 valence electrons. The van der Waals surface area contributed by atoms with E-state index in [0.29, 0.717) is 5.56 Å². The van der Waals surface area contributed by atoms with Crippen molar-refractivity contribution >= 4 is 17.8 Å². The number of carbonyl (C=O) groups is 1. The minimum Gasteiger partial charge on any atom is -0.378 e. The average molecular weight is 367 g/mol. The Morgan fingerprint density at radius 1 is 0.893 bits per heavy atom. The van der Waals surface area contributed by atoms with E-state index in [1.54, 1.807) is 18.3 Å². The third-order valence-electron chi connectivity index (χ3n) is 4.04. The lowest BCUT2D eigenvalue weighted by atomic mass is 10.1. The molecule has 0 fully saturated rings. The fourth-order valence-corrected chi connectivity index (χ4v) is 2.50. The van der Waals surface area contributed by atoms with Crippen LogP contribution in [0, 0.1) is 11.8 Å². The molecule has 0 bridgehead atoms. The van der Waals surface area contributed by atoms with Crippen LogP contribution in [0.2, 0.25) is 0 Å². The number of anilines is 1. The average Bonchev–Trinajstić information content (AvgIpc) is 2.73. The van der Waals surface area contributed by atoms with E-state index >= 15 is 0 Å². The smallest absolute Gasteiger partial charge is 0.271 e. The summed E-state index contributed by atoms with van der Waals surface area (Å²) in [7, 11) is 3.91. The van der Waals surface area contributed by atoms with Crippen molar-refractivity contribution in [3.63, 3.8) is 0 Å². The lowest BCUT2D eigenvalue weighted by Crippen LogP contribution is -2.17. The van der Waals surface area contributed by atoms with E-state index in [2.05, 4.69) is 22.4 Å². The Hall–Kier alpha value is -3.84. The number of amides is 1. The van der Waals surface area contributed by atoms with Gasteiger partial charge in [0.05, 0.1) is 6.21 Å². The Morgan fingerprint density at radius 2 is 1.57 bits per heavy atom. The summed E-state index contributed by atoms with van der Waals surface area (Å²) in [6.45, 7) is 0. The molecule has 0 heterocycles. The Bertz CT molecular complexity index is 1030. The maximum absolute atomic E-state index is 12.2. The maximum Gasteiger partial charge on any atom is 0.271 e. The summed E-state index contributed by atoms with van der Waals surface area (Å²) in [6, 6.07) is 24.9. The summed E-state index contributed by atoms with van der Waals surface area (Å²) >= 11 is 0. The molecular formula is C24H21N3O. The number of hydrogen-bond acceptors (Lipinski definition) is 3. The highest BCUT2D eigenvalue weighted by atomic mass is 16.2. The fourth-order valence-electron chi connectivity index (χ4n) is 2.50. The van der Waals surface area contributed by atoms with Crippen LogP contribution in [-0.4, -0.2) is 26.2 Å². The second-order valence-electron chi connectivity index (χ2n) is 6.38. The van der Waals surface area contributed by atoms with Gasteiger partial charge in [-0.1, -0.05) is 42.2 Å². The lowest BCUT2D eigenvalue weighted by Gasteiger charge is -2.12. The van der Waals surface area contributed by atoms with E-state index < -0.39 is 0 Å². The highest BCUT2D eigenvalue weighted by Crippen LogP contribution is 2.12. The van der Waals surface area contributed by atoms with Gasteiger partial charge in [-0.15, -0.1) is 0 Å². The Balaban J connectivity index is 1.63. The predicted octanol–water partition coefficient (Wildman–Crippen LogP) is 3.92. The molecule has 0 radical (unpaired) electrons. The van der Waals surface area contributed by atoms with E-state index in [4.69, 9.17) is 0 Å². The summed E-state index contributed by atoms with van der Waals surface area (Å²) in [5.41, 5.74) is 6.87. The third-order valence-corrected chi connectivity index (χ3v) is 4.04. The Kier molecular flexibility index (Phi) is 6.22. The van der Waals surface area contributed by atoms with Gasteiger partial charge in [-0.05, 0) is 54.1 Å². The molecule has 3 rings (SSSR count). The van der Waals surface area contributed by atoms with Gasteiger partial charge in [0.1, 0.15) is 0 Å².